The Balaban J connectivity index is 1.34. The fraction of sp³-hybridized carbons (Fsp3) is 0.417. The van der Waals surface area contributed by atoms with E-state index < -0.39 is 6.09 Å². The van der Waals surface area contributed by atoms with Gasteiger partial charge < -0.3 is 14.4 Å². The first-order valence-corrected chi connectivity index (χ1v) is 12.2. The molecule has 3 heterocycles. The van der Waals surface area contributed by atoms with Crippen LogP contribution < -0.4 is 14.5 Å². The molecule has 0 unspecified atom stereocenters. The number of carbonyl (C=O) groups is 2. The number of pyridine rings is 1. The SMILES string of the molecule is CC(=O)NSC[C@@H]1CN(c2ccc(N3CCC(Cc4ncccc4C#N)CC3)c(F)c2)C(=O)O1. The summed E-state index contributed by atoms with van der Waals surface area (Å²) < 4.78 is 23.0. The van der Waals surface area contributed by atoms with Crippen LogP contribution in [-0.2, 0) is 16.0 Å². The van der Waals surface area contributed by atoms with Gasteiger partial charge in [0.05, 0.1) is 34.9 Å². The van der Waals surface area contributed by atoms with Gasteiger partial charge in [0.15, 0.2) is 0 Å². The van der Waals surface area contributed by atoms with Crippen LogP contribution in [0, 0.1) is 23.1 Å². The van der Waals surface area contributed by atoms with Crippen LogP contribution in [-0.4, -0.2) is 48.5 Å². The first-order valence-electron chi connectivity index (χ1n) is 11.2. The third-order valence-corrected chi connectivity index (χ3v) is 7.02. The van der Waals surface area contributed by atoms with Crippen LogP contribution in [0.3, 0.4) is 0 Å². The van der Waals surface area contributed by atoms with E-state index in [4.69, 9.17) is 4.74 Å². The van der Waals surface area contributed by atoms with Gasteiger partial charge in [-0.3, -0.25) is 14.7 Å². The van der Waals surface area contributed by atoms with E-state index in [0.29, 0.717) is 48.2 Å². The average molecular weight is 484 g/mol. The lowest BCUT2D eigenvalue weighted by molar-refractivity contribution is -0.117. The quantitative estimate of drug-likeness (QED) is 0.600. The minimum Gasteiger partial charge on any atom is -0.443 e. The Hall–Kier alpha value is -3.32. The molecule has 0 radical (unpaired) electrons. The highest BCUT2D eigenvalue weighted by Gasteiger charge is 2.33. The van der Waals surface area contributed by atoms with Crippen molar-refractivity contribution in [1.82, 2.24) is 9.71 Å². The van der Waals surface area contributed by atoms with E-state index in [9.17, 15) is 14.9 Å². The Bertz CT molecular complexity index is 1100. The third-order valence-electron chi connectivity index (χ3n) is 6.05. The van der Waals surface area contributed by atoms with E-state index in [-0.39, 0.29) is 17.8 Å². The van der Waals surface area contributed by atoms with Crippen molar-refractivity contribution in [2.75, 3.05) is 35.2 Å². The molecule has 2 aliphatic heterocycles. The molecule has 1 N–H and O–H groups in total. The Labute approximate surface area is 202 Å². The van der Waals surface area contributed by atoms with Crippen LogP contribution >= 0.6 is 11.9 Å². The summed E-state index contributed by atoms with van der Waals surface area (Å²) in [7, 11) is 0. The first kappa shape index (κ1) is 23.8. The fourth-order valence-electron chi connectivity index (χ4n) is 4.33. The largest absolute Gasteiger partial charge is 0.443 e. The van der Waals surface area contributed by atoms with Gasteiger partial charge in [-0.15, -0.1) is 0 Å². The summed E-state index contributed by atoms with van der Waals surface area (Å²) in [6.07, 6.45) is 3.32. The van der Waals surface area contributed by atoms with E-state index in [1.165, 1.54) is 29.8 Å². The number of benzene rings is 1. The molecule has 1 atom stereocenters. The second-order valence-corrected chi connectivity index (χ2v) is 9.29. The molecule has 2 aliphatic rings. The summed E-state index contributed by atoms with van der Waals surface area (Å²) in [5.74, 6) is 0.270. The summed E-state index contributed by atoms with van der Waals surface area (Å²) in [4.78, 5) is 31.0. The van der Waals surface area contributed by atoms with Gasteiger partial charge in [0, 0.05) is 26.2 Å². The van der Waals surface area contributed by atoms with Crippen molar-refractivity contribution in [2.24, 2.45) is 5.92 Å². The predicted molar refractivity (Wildman–Crippen MR) is 128 cm³/mol. The number of anilines is 2. The first-order chi connectivity index (χ1) is 16.4. The third kappa shape index (κ3) is 5.59. The van der Waals surface area contributed by atoms with Crippen molar-refractivity contribution in [3.63, 3.8) is 0 Å². The summed E-state index contributed by atoms with van der Waals surface area (Å²) in [6.45, 7) is 3.14. The van der Waals surface area contributed by atoms with Gasteiger partial charge in [-0.05, 0) is 67.5 Å². The lowest BCUT2D eigenvalue weighted by Crippen LogP contribution is -2.35. The summed E-state index contributed by atoms with van der Waals surface area (Å²) in [6, 6.07) is 10.6. The lowest BCUT2D eigenvalue weighted by atomic mass is 9.90. The Kier molecular flexibility index (Phi) is 7.53. The maximum Gasteiger partial charge on any atom is 0.414 e. The minimum absolute atomic E-state index is 0.170. The number of rotatable bonds is 7. The monoisotopic (exact) mass is 483 g/mol. The van der Waals surface area contributed by atoms with Crippen LogP contribution in [0.25, 0.3) is 0 Å². The highest BCUT2D eigenvalue weighted by atomic mass is 32.2. The van der Waals surface area contributed by atoms with Gasteiger partial charge >= 0.3 is 6.09 Å². The molecule has 10 heteroatoms. The van der Waals surface area contributed by atoms with Crippen molar-refractivity contribution >= 4 is 35.3 Å². The Morgan fingerprint density at radius 2 is 2.15 bits per heavy atom. The topological polar surface area (TPSA) is 98.6 Å². The number of nitrogens with one attached hydrogen (secondary N) is 1. The van der Waals surface area contributed by atoms with Gasteiger partial charge in [-0.1, -0.05) is 0 Å². The van der Waals surface area contributed by atoms with E-state index >= 15 is 4.39 Å². The second-order valence-electron chi connectivity index (χ2n) is 8.47. The molecule has 4 rings (SSSR count). The number of hydrogen-bond acceptors (Lipinski definition) is 7. The molecule has 2 saturated heterocycles. The number of halogens is 1. The van der Waals surface area contributed by atoms with E-state index in [1.54, 1.807) is 30.5 Å². The molecular weight excluding hydrogens is 457 g/mol. The maximum atomic E-state index is 15.0. The van der Waals surface area contributed by atoms with Gasteiger partial charge in [0.25, 0.3) is 0 Å². The normalized spacial score (nSPS) is 18.5. The van der Waals surface area contributed by atoms with Crippen molar-refractivity contribution < 1.29 is 18.7 Å². The molecule has 178 valence electrons. The maximum absolute atomic E-state index is 15.0. The van der Waals surface area contributed by atoms with Gasteiger partial charge in [-0.2, -0.15) is 5.26 Å². The number of nitriles is 1. The molecule has 0 saturated carbocycles. The zero-order valence-electron chi connectivity index (χ0n) is 18.9. The number of ether oxygens (including phenoxy) is 1. The number of nitrogens with zero attached hydrogens (tertiary/aromatic N) is 4. The molecule has 34 heavy (non-hydrogen) atoms. The molecule has 0 bridgehead atoms. The lowest BCUT2D eigenvalue weighted by Gasteiger charge is -2.34. The van der Waals surface area contributed by atoms with Crippen LogP contribution in [0.2, 0.25) is 0 Å². The molecular formula is C24H26FN5O3S. The van der Waals surface area contributed by atoms with Gasteiger partial charge in [-0.25, -0.2) is 9.18 Å². The fourth-order valence-corrected chi connectivity index (χ4v) is 4.98. The highest BCUT2D eigenvalue weighted by molar-refractivity contribution is 7.97. The molecule has 0 spiro atoms. The Morgan fingerprint density at radius 3 is 2.85 bits per heavy atom. The standard InChI is InChI=1S/C24H26FN5O3S/c1-16(31)28-34-15-20-14-30(24(32)33-20)19-4-5-23(21(25)12-19)29-9-6-17(7-10-29)11-22-18(13-26)3-2-8-27-22/h2-5,8,12,17,20H,6-7,9-11,14-15H2,1H3,(H,28,31)/t20-/m0/s1. The molecule has 2 amide bonds. The Morgan fingerprint density at radius 1 is 1.35 bits per heavy atom. The van der Waals surface area contributed by atoms with E-state index in [0.717, 1.165) is 25.0 Å². The summed E-state index contributed by atoms with van der Waals surface area (Å²) in [5.41, 5.74) is 2.41. The van der Waals surface area contributed by atoms with E-state index in [1.807, 2.05) is 4.90 Å². The van der Waals surface area contributed by atoms with E-state index in [2.05, 4.69) is 15.8 Å². The summed E-state index contributed by atoms with van der Waals surface area (Å²) >= 11 is 1.18. The number of amides is 2. The number of hydrogen-bond donors (Lipinski definition) is 1. The number of carbonyl (C=O) groups excluding carboxylic acids is 2. The zero-order chi connectivity index (χ0) is 24.1. The van der Waals surface area contributed by atoms with Crippen LogP contribution in [0.15, 0.2) is 36.5 Å². The predicted octanol–water partition coefficient (Wildman–Crippen LogP) is 3.66. The number of aromatic nitrogens is 1. The highest BCUT2D eigenvalue weighted by Crippen LogP contribution is 2.31. The van der Waals surface area contributed by atoms with Crippen molar-refractivity contribution in [3.8, 4) is 6.07 Å². The molecule has 1 aromatic heterocycles. The average Bonchev–Trinajstić information content (AvgIpc) is 3.20. The van der Waals surface area contributed by atoms with Gasteiger partial charge in [0.1, 0.15) is 18.0 Å². The number of cyclic esters (lactones) is 1. The zero-order valence-corrected chi connectivity index (χ0v) is 19.7. The number of piperidine rings is 1. The van der Waals surface area contributed by atoms with Crippen molar-refractivity contribution in [3.05, 3.63) is 53.6 Å². The smallest absolute Gasteiger partial charge is 0.414 e. The molecule has 2 aromatic rings. The van der Waals surface area contributed by atoms with Crippen LogP contribution in [0.1, 0.15) is 31.0 Å². The van der Waals surface area contributed by atoms with Crippen LogP contribution in [0.4, 0.5) is 20.6 Å². The molecule has 0 aliphatic carbocycles. The van der Waals surface area contributed by atoms with Crippen molar-refractivity contribution in [1.29, 1.82) is 5.26 Å². The second kappa shape index (κ2) is 10.7. The minimum atomic E-state index is -0.521. The summed E-state index contributed by atoms with van der Waals surface area (Å²) in [5, 5.41) is 9.27. The van der Waals surface area contributed by atoms with Crippen LogP contribution in [0.5, 0.6) is 0 Å². The molecule has 1 aromatic carbocycles. The van der Waals surface area contributed by atoms with Gasteiger partial charge in [0.2, 0.25) is 5.91 Å². The molecule has 8 nitrogen and oxygen atoms in total. The van der Waals surface area contributed by atoms with Crippen molar-refractivity contribution in [2.45, 2.75) is 32.3 Å². The molecule has 2 fully saturated rings.